The maximum atomic E-state index is 12.8. The molecule has 0 aliphatic carbocycles. The highest BCUT2D eigenvalue weighted by molar-refractivity contribution is 7.93. The van der Waals surface area contributed by atoms with Crippen molar-refractivity contribution in [1.29, 1.82) is 0 Å². The van der Waals surface area contributed by atoms with Crippen LogP contribution < -0.4 is 14.9 Å². The fraction of sp³-hybridized carbons (Fsp3) is 0.316. The number of pyridine rings is 1. The minimum atomic E-state index is -3.45. The van der Waals surface area contributed by atoms with E-state index in [4.69, 9.17) is 34.8 Å². The van der Waals surface area contributed by atoms with E-state index in [-0.39, 0.29) is 34.5 Å². The number of rotatable bonds is 7. The summed E-state index contributed by atoms with van der Waals surface area (Å²) in [7, 11) is -3.45. The Morgan fingerprint density at radius 2 is 1.81 bits per heavy atom. The number of sulfonamides is 1. The second-order valence-electron chi connectivity index (χ2n) is 6.79. The number of nitrogens with one attached hydrogen (secondary N) is 2. The van der Waals surface area contributed by atoms with Crippen molar-refractivity contribution in [2.24, 2.45) is 0 Å². The summed E-state index contributed by atoms with van der Waals surface area (Å²) >= 11 is 17.8. The Labute approximate surface area is 194 Å². The zero-order valence-electron chi connectivity index (χ0n) is 16.2. The van der Waals surface area contributed by atoms with Crippen molar-refractivity contribution in [1.82, 2.24) is 4.98 Å². The van der Waals surface area contributed by atoms with Crippen molar-refractivity contribution in [3.05, 3.63) is 46.1 Å². The zero-order chi connectivity index (χ0) is 22.6. The Hall–Kier alpha value is -2.07. The summed E-state index contributed by atoms with van der Waals surface area (Å²) in [6.07, 6.45) is 2.51. The van der Waals surface area contributed by atoms with Crippen LogP contribution in [-0.2, 0) is 14.8 Å². The Kier molecular flexibility index (Phi) is 7.64. The van der Waals surface area contributed by atoms with Crippen LogP contribution in [0.3, 0.4) is 0 Å². The van der Waals surface area contributed by atoms with Gasteiger partial charge in [-0.25, -0.2) is 13.4 Å². The predicted octanol–water partition coefficient (Wildman–Crippen LogP) is 4.14. The summed E-state index contributed by atoms with van der Waals surface area (Å²) in [5, 5.41) is 5.72. The first-order valence-corrected chi connectivity index (χ1v) is 12.2. The molecule has 2 amide bonds. The quantitative estimate of drug-likeness (QED) is 0.550. The van der Waals surface area contributed by atoms with Crippen molar-refractivity contribution in [3.63, 3.8) is 0 Å². The first kappa shape index (κ1) is 23.6. The van der Waals surface area contributed by atoms with E-state index in [2.05, 4.69) is 15.6 Å². The van der Waals surface area contributed by atoms with Gasteiger partial charge in [0.15, 0.2) is 0 Å². The maximum Gasteiger partial charge on any atom is 0.257 e. The minimum absolute atomic E-state index is 0.0285. The van der Waals surface area contributed by atoms with Gasteiger partial charge in [-0.15, -0.1) is 11.6 Å². The summed E-state index contributed by atoms with van der Waals surface area (Å²) in [5.74, 6) is -0.274. The number of nitrogens with zero attached hydrogens (tertiary/aromatic N) is 2. The Balaban J connectivity index is 1.80. The van der Waals surface area contributed by atoms with Gasteiger partial charge in [-0.1, -0.05) is 23.2 Å². The van der Waals surface area contributed by atoms with Crippen LogP contribution >= 0.6 is 34.8 Å². The largest absolute Gasteiger partial charge is 0.326 e. The molecule has 0 saturated carbocycles. The smallest absolute Gasteiger partial charge is 0.257 e. The van der Waals surface area contributed by atoms with Crippen LogP contribution in [0.15, 0.2) is 30.5 Å². The lowest BCUT2D eigenvalue weighted by molar-refractivity contribution is -0.116. The van der Waals surface area contributed by atoms with E-state index in [1.165, 1.54) is 18.3 Å². The van der Waals surface area contributed by atoms with Crippen molar-refractivity contribution in [3.8, 4) is 0 Å². The summed E-state index contributed by atoms with van der Waals surface area (Å²) in [6, 6.07) is 5.93. The second kappa shape index (κ2) is 10.0. The summed E-state index contributed by atoms with van der Waals surface area (Å²) < 4.78 is 25.4. The lowest BCUT2D eigenvalue weighted by Crippen LogP contribution is -2.26. The molecule has 1 aromatic carbocycles. The molecule has 12 heteroatoms. The van der Waals surface area contributed by atoms with Gasteiger partial charge in [0.2, 0.25) is 15.9 Å². The predicted molar refractivity (Wildman–Crippen MR) is 123 cm³/mol. The number of halogens is 3. The molecular formula is C19H19Cl3N4O4S. The van der Waals surface area contributed by atoms with Gasteiger partial charge in [0.1, 0.15) is 5.82 Å². The van der Waals surface area contributed by atoms with E-state index >= 15 is 0 Å². The van der Waals surface area contributed by atoms with Crippen LogP contribution in [0, 0.1) is 0 Å². The molecule has 3 rings (SSSR count). The van der Waals surface area contributed by atoms with Gasteiger partial charge >= 0.3 is 0 Å². The molecule has 0 spiro atoms. The molecule has 1 saturated heterocycles. The number of hydrogen-bond acceptors (Lipinski definition) is 5. The molecule has 31 heavy (non-hydrogen) atoms. The third kappa shape index (κ3) is 6.00. The van der Waals surface area contributed by atoms with Gasteiger partial charge in [-0.05, 0) is 37.1 Å². The standard InChI is InChI=1S/C19H19Cl3N4O4S/c20-4-1-3-18(27)24-13-7-12(21)8-14(9-13)25-19(28)15-10-17(23-11-16(15)22)26-5-2-6-31(26,29)30/h7-11H,1-6H2,(H,24,27)(H,25,28). The van der Waals surface area contributed by atoms with Crippen LogP contribution in [0.25, 0.3) is 0 Å². The van der Waals surface area contributed by atoms with Crippen LogP contribution in [0.2, 0.25) is 10.0 Å². The van der Waals surface area contributed by atoms with Crippen LogP contribution in [-0.4, -0.2) is 43.4 Å². The van der Waals surface area contributed by atoms with Gasteiger partial charge in [-0.3, -0.25) is 13.9 Å². The van der Waals surface area contributed by atoms with E-state index in [1.807, 2.05) is 0 Å². The third-order valence-corrected chi connectivity index (χ3v) is 7.05. The fourth-order valence-electron chi connectivity index (χ4n) is 3.02. The van der Waals surface area contributed by atoms with Crippen molar-refractivity contribution in [2.45, 2.75) is 19.3 Å². The topological polar surface area (TPSA) is 108 Å². The zero-order valence-corrected chi connectivity index (χ0v) is 19.3. The molecule has 2 N–H and O–H groups in total. The molecular weight excluding hydrogens is 487 g/mol. The number of amides is 2. The van der Waals surface area contributed by atoms with E-state index in [1.54, 1.807) is 12.1 Å². The molecule has 0 atom stereocenters. The number of alkyl halides is 1. The third-order valence-electron chi connectivity index (χ3n) is 4.42. The van der Waals surface area contributed by atoms with Crippen LogP contribution in [0.4, 0.5) is 17.2 Å². The second-order valence-corrected chi connectivity index (χ2v) is 10.0. The minimum Gasteiger partial charge on any atom is -0.326 e. The number of benzene rings is 1. The van der Waals surface area contributed by atoms with E-state index in [9.17, 15) is 18.0 Å². The average Bonchev–Trinajstić information content (AvgIpc) is 3.05. The van der Waals surface area contributed by atoms with Crippen LogP contribution in [0.5, 0.6) is 0 Å². The summed E-state index contributed by atoms with van der Waals surface area (Å²) in [4.78, 5) is 28.8. The highest BCUT2D eigenvalue weighted by Gasteiger charge is 2.30. The van der Waals surface area contributed by atoms with Gasteiger partial charge in [-0.2, -0.15) is 0 Å². The monoisotopic (exact) mass is 504 g/mol. The van der Waals surface area contributed by atoms with Crippen molar-refractivity contribution in [2.75, 3.05) is 33.1 Å². The molecule has 1 aromatic heterocycles. The summed E-state index contributed by atoms with van der Waals surface area (Å²) in [6.45, 7) is 0.291. The summed E-state index contributed by atoms with van der Waals surface area (Å²) in [5.41, 5.74) is 0.793. The maximum absolute atomic E-state index is 12.8. The van der Waals surface area contributed by atoms with Gasteiger partial charge < -0.3 is 10.6 Å². The number of aromatic nitrogens is 1. The van der Waals surface area contributed by atoms with Gasteiger partial charge in [0.25, 0.3) is 5.91 Å². The van der Waals surface area contributed by atoms with Gasteiger partial charge in [0, 0.05) is 41.4 Å². The molecule has 0 unspecified atom stereocenters. The Morgan fingerprint density at radius 3 is 2.45 bits per heavy atom. The molecule has 0 bridgehead atoms. The highest BCUT2D eigenvalue weighted by Crippen LogP contribution is 2.28. The van der Waals surface area contributed by atoms with Crippen molar-refractivity contribution < 1.29 is 18.0 Å². The number of carbonyl (C=O) groups excluding carboxylic acids is 2. The van der Waals surface area contributed by atoms with E-state index in [0.29, 0.717) is 41.7 Å². The molecule has 2 aromatic rings. The number of hydrogen-bond donors (Lipinski definition) is 2. The lowest BCUT2D eigenvalue weighted by Gasteiger charge is -2.17. The van der Waals surface area contributed by atoms with Crippen molar-refractivity contribution >= 4 is 73.8 Å². The first-order chi connectivity index (χ1) is 14.7. The normalized spacial score (nSPS) is 15.0. The molecule has 1 aliphatic heterocycles. The first-order valence-electron chi connectivity index (χ1n) is 9.33. The molecule has 166 valence electrons. The molecule has 1 aliphatic rings. The van der Waals surface area contributed by atoms with Crippen LogP contribution in [0.1, 0.15) is 29.6 Å². The molecule has 8 nitrogen and oxygen atoms in total. The lowest BCUT2D eigenvalue weighted by atomic mass is 10.2. The molecule has 1 fully saturated rings. The fourth-order valence-corrected chi connectivity index (χ4v) is 5.08. The Morgan fingerprint density at radius 1 is 1.10 bits per heavy atom. The van der Waals surface area contributed by atoms with E-state index in [0.717, 1.165) is 4.31 Å². The van der Waals surface area contributed by atoms with E-state index < -0.39 is 15.9 Å². The molecule has 0 radical (unpaired) electrons. The Bertz CT molecular complexity index is 1110. The average molecular weight is 506 g/mol. The van der Waals surface area contributed by atoms with Gasteiger partial charge in [0.05, 0.1) is 16.3 Å². The molecule has 2 heterocycles. The highest BCUT2D eigenvalue weighted by atomic mass is 35.5. The number of anilines is 3. The number of carbonyl (C=O) groups is 2. The SMILES string of the molecule is O=C(CCCCl)Nc1cc(Cl)cc(NC(=O)c2cc(N3CCCS3(=O)=O)ncc2Cl)c1.